The fourth-order valence-corrected chi connectivity index (χ4v) is 3.24. The molecule has 0 unspecified atom stereocenters. The molecule has 0 aliphatic heterocycles. The summed E-state index contributed by atoms with van der Waals surface area (Å²) in [7, 11) is 0. The Balaban J connectivity index is 2.12. The average Bonchev–Trinajstić information content (AvgIpc) is 2.98. The van der Waals surface area contributed by atoms with Crippen molar-refractivity contribution < 1.29 is 0 Å². The van der Waals surface area contributed by atoms with Gasteiger partial charge in [-0.1, -0.05) is 0 Å². The molecule has 0 atom stereocenters. The summed E-state index contributed by atoms with van der Waals surface area (Å²) in [5, 5.41) is 4.52. The van der Waals surface area contributed by atoms with Crippen molar-refractivity contribution in [3.8, 4) is 0 Å². The molecule has 98 valence electrons. The number of imidazole rings is 1. The number of thioether (sulfide) groups is 1. The zero-order valence-electron chi connectivity index (χ0n) is 11.1. The number of hydrogen-bond acceptors (Lipinski definition) is 4. The fourth-order valence-electron chi connectivity index (χ4n) is 2.47. The van der Waals surface area contributed by atoms with Crippen molar-refractivity contribution in [2.45, 2.75) is 44.5 Å². The highest BCUT2D eigenvalue weighted by Gasteiger charge is 2.43. The van der Waals surface area contributed by atoms with Crippen LogP contribution in [0.15, 0.2) is 0 Å². The molecule has 0 aromatic carbocycles. The Morgan fingerprint density at radius 1 is 1.44 bits per heavy atom. The number of aryl methyl sites for hydroxylation is 2. The van der Waals surface area contributed by atoms with Gasteiger partial charge >= 0.3 is 0 Å². The second-order valence-corrected chi connectivity index (χ2v) is 6.29. The molecule has 2 aromatic rings. The van der Waals surface area contributed by atoms with Gasteiger partial charge in [-0.05, 0) is 32.9 Å². The molecule has 1 aliphatic carbocycles. The molecule has 0 amide bonds. The van der Waals surface area contributed by atoms with Gasteiger partial charge in [-0.25, -0.2) is 9.67 Å². The number of fused-ring (bicyclic) bond motifs is 1. The van der Waals surface area contributed by atoms with Gasteiger partial charge < -0.3 is 5.73 Å². The van der Waals surface area contributed by atoms with Gasteiger partial charge in [0.1, 0.15) is 5.52 Å². The SMILES string of the molecule is CCn1nc(C)c2nc(N)n(CC3(SC)CC3)c21. The molecule has 1 saturated carbocycles. The average molecular weight is 265 g/mol. The summed E-state index contributed by atoms with van der Waals surface area (Å²) in [4.78, 5) is 4.48. The van der Waals surface area contributed by atoms with Crippen molar-refractivity contribution >= 4 is 28.9 Å². The minimum Gasteiger partial charge on any atom is -0.369 e. The molecule has 2 heterocycles. The summed E-state index contributed by atoms with van der Waals surface area (Å²) in [6.45, 7) is 5.89. The van der Waals surface area contributed by atoms with Gasteiger partial charge in [0.25, 0.3) is 0 Å². The third kappa shape index (κ3) is 1.62. The monoisotopic (exact) mass is 265 g/mol. The molecule has 2 N–H and O–H groups in total. The molecule has 0 saturated heterocycles. The first-order valence-electron chi connectivity index (χ1n) is 6.34. The molecule has 2 aromatic heterocycles. The van der Waals surface area contributed by atoms with E-state index >= 15 is 0 Å². The third-order valence-electron chi connectivity index (χ3n) is 3.81. The predicted octanol–water partition coefficient (Wildman–Crippen LogP) is 2.04. The maximum atomic E-state index is 6.08. The van der Waals surface area contributed by atoms with Crippen molar-refractivity contribution in [1.29, 1.82) is 0 Å². The third-order valence-corrected chi connectivity index (χ3v) is 5.22. The smallest absolute Gasteiger partial charge is 0.202 e. The summed E-state index contributed by atoms with van der Waals surface area (Å²) >= 11 is 1.94. The van der Waals surface area contributed by atoms with Crippen LogP contribution in [0.4, 0.5) is 5.95 Å². The maximum absolute atomic E-state index is 6.08. The molecule has 3 rings (SSSR count). The van der Waals surface area contributed by atoms with Crippen molar-refractivity contribution in [2.24, 2.45) is 0 Å². The maximum Gasteiger partial charge on any atom is 0.202 e. The fraction of sp³-hybridized carbons (Fsp3) is 0.667. The molecule has 5 nitrogen and oxygen atoms in total. The second-order valence-electron chi connectivity index (χ2n) is 5.02. The topological polar surface area (TPSA) is 61.7 Å². The number of nitrogens with two attached hydrogens (primary N) is 1. The number of nitrogens with zero attached hydrogens (tertiary/aromatic N) is 4. The first-order valence-corrected chi connectivity index (χ1v) is 7.57. The molecular weight excluding hydrogens is 246 g/mol. The molecular formula is C12H19N5S. The van der Waals surface area contributed by atoms with E-state index in [1.54, 1.807) is 0 Å². The van der Waals surface area contributed by atoms with Crippen LogP contribution in [-0.4, -0.2) is 30.3 Å². The Kier molecular flexibility index (Phi) is 2.59. The van der Waals surface area contributed by atoms with Crippen LogP contribution in [0.1, 0.15) is 25.5 Å². The van der Waals surface area contributed by atoms with Gasteiger partial charge in [0.05, 0.1) is 5.69 Å². The van der Waals surface area contributed by atoms with E-state index < -0.39 is 0 Å². The van der Waals surface area contributed by atoms with Gasteiger partial charge in [-0.2, -0.15) is 16.9 Å². The normalized spacial score (nSPS) is 17.5. The Morgan fingerprint density at radius 3 is 2.72 bits per heavy atom. The molecule has 0 radical (unpaired) electrons. The highest BCUT2D eigenvalue weighted by atomic mass is 32.2. The van der Waals surface area contributed by atoms with Crippen molar-refractivity contribution in [2.75, 3.05) is 12.0 Å². The Hall–Kier alpha value is -1.17. The largest absolute Gasteiger partial charge is 0.369 e. The minimum atomic E-state index is 0.374. The Morgan fingerprint density at radius 2 is 2.17 bits per heavy atom. The number of hydrogen-bond donors (Lipinski definition) is 1. The Labute approximate surface area is 111 Å². The second kappa shape index (κ2) is 3.91. The molecule has 0 spiro atoms. The molecule has 6 heteroatoms. The van der Waals surface area contributed by atoms with E-state index in [9.17, 15) is 0 Å². The number of nitrogen functional groups attached to an aromatic ring is 1. The lowest BCUT2D eigenvalue weighted by Crippen LogP contribution is -2.17. The van der Waals surface area contributed by atoms with E-state index in [1.165, 1.54) is 12.8 Å². The van der Waals surface area contributed by atoms with E-state index in [4.69, 9.17) is 5.73 Å². The quantitative estimate of drug-likeness (QED) is 0.919. The van der Waals surface area contributed by atoms with Crippen molar-refractivity contribution in [1.82, 2.24) is 19.3 Å². The highest BCUT2D eigenvalue weighted by molar-refractivity contribution is 8.00. The van der Waals surface area contributed by atoms with Crippen LogP contribution < -0.4 is 5.73 Å². The summed E-state index contributed by atoms with van der Waals surface area (Å²) in [6.07, 6.45) is 4.72. The van der Waals surface area contributed by atoms with Crippen molar-refractivity contribution in [3.05, 3.63) is 5.69 Å². The van der Waals surface area contributed by atoms with Crippen LogP contribution in [0.25, 0.3) is 11.2 Å². The minimum absolute atomic E-state index is 0.374. The molecule has 18 heavy (non-hydrogen) atoms. The van der Waals surface area contributed by atoms with E-state index in [2.05, 4.69) is 27.8 Å². The number of rotatable bonds is 4. The lowest BCUT2D eigenvalue weighted by molar-refractivity contribution is 0.619. The molecule has 0 bridgehead atoms. The van der Waals surface area contributed by atoms with E-state index in [0.717, 1.165) is 29.9 Å². The van der Waals surface area contributed by atoms with E-state index in [0.29, 0.717) is 10.7 Å². The summed E-state index contributed by atoms with van der Waals surface area (Å²) in [5.41, 5.74) is 9.07. The summed E-state index contributed by atoms with van der Waals surface area (Å²) in [5.74, 6) is 0.619. The van der Waals surface area contributed by atoms with Gasteiger partial charge in [-0.3, -0.25) is 4.57 Å². The van der Waals surface area contributed by atoms with Crippen LogP contribution >= 0.6 is 11.8 Å². The van der Waals surface area contributed by atoms with Gasteiger partial charge in [0, 0.05) is 17.8 Å². The van der Waals surface area contributed by atoms with E-state index in [1.807, 2.05) is 23.4 Å². The molecule has 1 aliphatic rings. The standard InChI is InChI=1S/C12H19N5S/c1-4-17-10-9(8(2)15-17)14-11(13)16(10)7-12(18-3)5-6-12/h4-7H2,1-3H3,(H2,13,14). The van der Waals surface area contributed by atoms with Gasteiger partial charge in [0.15, 0.2) is 5.65 Å². The van der Waals surface area contributed by atoms with Gasteiger partial charge in [0.2, 0.25) is 5.95 Å². The number of anilines is 1. The van der Waals surface area contributed by atoms with Crippen molar-refractivity contribution in [3.63, 3.8) is 0 Å². The predicted molar refractivity (Wildman–Crippen MR) is 75.8 cm³/mol. The first-order chi connectivity index (χ1) is 8.60. The number of aromatic nitrogens is 4. The summed E-state index contributed by atoms with van der Waals surface area (Å²) in [6, 6.07) is 0. The van der Waals surface area contributed by atoms with Crippen LogP contribution in [0.3, 0.4) is 0 Å². The Bertz CT molecular complexity index is 593. The highest BCUT2D eigenvalue weighted by Crippen LogP contribution is 2.49. The zero-order valence-corrected chi connectivity index (χ0v) is 11.9. The van der Waals surface area contributed by atoms with Crippen LogP contribution in [0, 0.1) is 6.92 Å². The zero-order chi connectivity index (χ0) is 12.9. The lowest BCUT2D eigenvalue weighted by atomic mass is 10.4. The van der Waals surface area contributed by atoms with E-state index in [-0.39, 0.29) is 0 Å². The van der Waals surface area contributed by atoms with Crippen LogP contribution in [0.5, 0.6) is 0 Å². The van der Waals surface area contributed by atoms with Crippen LogP contribution in [-0.2, 0) is 13.1 Å². The molecule has 1 fully saturated rings. The van der Waals surface area contributed by atoms with Crippen LogP contribution in [0.2, 0.25) is 0 Å². The lowest BCUT2D eigenvalue weighted by Gasteiger charge is -2.15. The van der Waals surface area contributed by atoms with Gasteiger partial charge in [-0.15, -0.1) is 0 Å². The summed E-state index contributed by atoms with van der Waals surface area (Å²) < 4.78 is 4.52. The first kappa shape index (κ1) is 11.9.